The van der Waals surface area contributed by atoms with E-state index in [1.54, 1.807) is 16.8 Å². The zero-order chi connectivity index (χ0) is 15.4. The Labute approximate surface area is 127 Å². The zero-order valence-electron chi connectivity index (χ0n) is 11.8. The summed E-state index contributed by atoms with van der Waals surface area (Å²) in [7, 11) is 0. The van der Waals surface area contributed by atoms with Gasteiger partial charge in [0.15, 0.2) is 5.76 Å². The SMILES string of the molecule is O=C(O)c1nnn(CCCc2ccccc2)c1-c1ccco1. The van der Waals surface area contributed by atoms with E-state index in [4.69, 9.17) is 4.42 Å². The molecule has 0 atom stereocenters. The van der Waals surface area contributed by atoms with Crippen molar-refractivity contribution in [3.05, 3.63) is 60.0 Å². The van der Waals surface area contributed by atoms with E-state index >= 15 is 0 Å². The van der Waals surface area contributed by atoms with Crippen LogP contribution in [-0.4, -0.2) is 26.1 Å². The summed E-state index contributed by atoms with van der Waals surface area (Å²) in [6, 6.07) is 13.5. The highest BCUT2D eigenvalue weighted by Crippen LogP contribution is 2.23. The Morgan fingerprint density at radius 3 is 2.68 bits per heavy atom. The maximum absolute atomic E-state index is 11.3. The van der Waals surface area contributed by atoms with Crippen LogP contribution >= 0.6 is 0 Å². The fraction of sp³-hybridized carbons (Fsp3) is 0.188. The molecule has 0 bridgehead atoms. The summed E-state index contributed by atoms with van der Waals surface area (Å²) in [5.74, 6) is -0.650. The highest BCUT2D eigenvalue weighted by atomic mass is 16.4. The normalized spacial score (nSPS) is 10.7. The first-order valence-corrected chi connectivity index (χ1v) is 7.00. The molecule has 2 heterocycles. The second-order valence-corrected chi connectivity index (χ2v) is 4.88. The lowest BCUT2D eigenvalue weighted by Crippen LogP contribution is -2.05. The van der Waals surface area contributed by atoms with Crippen molar-refractivity contribution in [3.63, 3.8) is 0 Å². The molecule has 0 spiro atoms. The minimum Gasteiger partial charge on any atom is -0.476 e. The Balaban J connectivity index is 1.78. The van der Waals surface area contributed by atoms with Crippen LogP contribution in [0.1, 0.15) is 22.5 Å². The highest BCUT2D eigenvalue weighted by Gasteiger charge is 2.22. The van der Waals surface area contributed by atoms with Crippen LogP contribution in [0.3, 0.4) is 0 Å². The maximum Gasteiger partial charge on any atom is 0.358 e. The van der Waals surface area contributed by atoms with Crippen LogP contribution in [0.2, 0.25) is 0 Å². The summed E-state index contributed by atoms with van der Waals surface area (Å²) in [5, 5.41) is 16.9. The number of rotatable bonds is 6. The molecule has 1 aromatic carbocycles. The molecule has 22 heavy (non-hydrogen) atoms. The van der Waals surface area contributed by atoms with E-state index in [2.05, 4.69) is 22.4 Å². The second-order valence-electron chi connectivity index (χ2n) is 4.88. The number of aromatic nitrogens is 3. The third-order valence-corrected chi connectivity index (χ3v) is 3.37. The van der Waals surface area contributed by atoms with Gasteiger partial charge in [-0.05, 0) is 30.5 Å². The van der Waals surface area contributed by atoms with Gasteiger partial charge in [-0.1, -0.05) is 35.5 Å². The smallest absolute Gasteiger partial charge is 0.358 e. The van der Waals surface area contributed by atoms with Gasteiger partial charge >= 0.3 is 5.97 Å². The number of carboxylic acid groups (broad SMARTS) is 1. The predicted molar refractivity (Wildman–Crippen MR) is 79.4 cm³/mol. The fourth-order valence-electron chi connectivity index (χ4n) is 2.35. The summed E-state index contributed by atoms with van der Waals surface area (Å²) in [6.07, 6.45) is 3.23. The molecule has 1 N–H and O–H groups in total. The minimum absolute atomic E-state index is 0.0883. The number of aromatic carboxylic acids is 1. The molecule has 0 aliphatic heterocycles. The lowest BCUT2D eigenvalue weighted by Gasteiger charge is -2.05. The molecule has 3 aromatic rings. The van der Waals surface area contributed by atoms with Crippen LogP contribution in [0, 0.1) is 0 Å². The molecule has 3 rings (SSSR count). The molecule has 0 aliphatic rings. The number of furan rings is 1. The summed E-state index contributed by atoms with van der Waals surface area (Å²) in [4.78, 5) is 11.3. The fourth-order valence-corrected chi connectivity index (χ4v) is 2.35. The number of carbonyl (C=O) groups is 1. The van der Waals surface area contributed by atoms with Crippen LogP contribution in [0.4, 0.5) is 0 Å². The standard InChI is InChI=1S/C16H15N3O3/c20-16(21)14-15(13-9-5-11-22-13)19(18-17-14)10-4-8-12-6-2-1-3-7-12/h1-3,5-7,9,11H,4,8,10H2,(H,20,21). The first-order chi connectivity index (χ1) is 10.8. The molecule has 0 saturated carbocycles. The van der Waals surface area contributed by atoms with E-state index in [0.717, 1.165) is 12.8 Å². The number of carboxylic acids is 1. The first kappa shape index (κ1) is 14.1. The molecule has 6 heteroatoms. The largest absolute Gasteiger partial charge is 0.476 e. The number of hydrogen-bond donors (Lipinski definition) is 1. The van der Waals surface area contributed by atoms with Gasteiger partial charge in [-0.2, -0.15) is 0 Å². The van der Waals surface area contributed by atoms with Crippen molar-refractivity contribution in [2.45, 2.75) is 19.4 Å². The van der Waals surface area contributed by atoms with Crippen LogP contribution in [-0.2, 0) is 13.0 Å². The number of hydrogen-bond acceptors (Lipinski definition) is 4. The van der Waals surface area contributed by atoms with Crippen LogP contribution in [0.5, 0.6) is 0 Å². The number of benzene rings is 1. The molecule has 0 saturated heterocycles. The van der Waals surface area contributed by atoms with Gasteiger partial charge in [0.1, 0.15) is 5.69 Å². The van der Waals surface area contributed by atoms with Gasteiger partial charge in [0.2, 0.25) is 5.69 Å². The number of nitrogens with zero attached hydrogens (tertiary/aromatic N) is 3. The Kier molecular flexibility index (Phi) is 4.00. The topological polar surface area (TPSA) is 81.1 Å². The van der Waals surface area contributed by atoms with Gasteiger partial charge in [-0.25, -0.2) is 9.48 Å². The molecule has 6 nitrogen and oxygen atoms in total. The zero-order valence-corrected chi connectivity index (χ0v) is 11.8. The third kappa shape index (κ3) is 2.90. The molecule has 0 aliphatic carbocycles. The molecule has 0 unspecified atom stereocenters. The Morgan fingerprint density at radius 2 is 2.00 bits per heavy atom. The van der Waals surface area contributed by atoms with Crippen molar-refractivity contribution in [3.8, 4) is 11.5 Å². The van der Waals surface area contributed by atoms with Gasteiger partial charge in [-0.15, -0.1) is 5.10 Å². The average molecular weight is 297 g/mol. The van der Waals surface area contributed by atoms with Crippen molar-refractivity contribution >= 4 is 5.97 Å². The van der Waals surface area contributed by atoms with E-state index in [9.17, 15) is 9.90 Å². The van der Waals surface area contributed by atoms with Gasteiger partial charge in [0, 0.05) is 6.54 Å². The van der Waals surface area contributed by atoms with E-state index in [1.165, 1.54) is 11.8 Å². The number of aryl methyl sites for hydroxylation is 2. The summed E-state index contributed by atoms with van der Waals surface area (Å²) >= 11 is 0. The Morgan fingerprint density at radius 1 is 1.18 bits per heavy atom. The predicted octanol–water partition coefficient (Wildman–Crippen LogP) is 2.87. The highest BCUT2D eigenvalue weighted by molar-refractivity contribution is 5.91. The van der Waals surface area contributed by atoms with Gasteiger partial charge in [0.25, 0.3) is 0 Å². The van der Waals surface area contributed by atoms with Crippen molar-refractivity contribution < 1.29 is 14.3 Å². The van der Waals surface area contributed by atoms with Crippen LogP contribution < -0.4 is 0 Å². The summed E-state index contributed by atoms with van der Waals surface area (Å²) in [5.41, 5.74) is 1.56. The van der Waals surface area contributed by atoms with E-state index in [0.29, 0.717) is 18.0 Å². The summed E-state index contributed by atoms with van der Waals surface area (Å²) < 4.78 is 6.90. The van der Waals surface area contributed by atoms with Gasteiger partial charge in [-0.3, -0.25) is 0 Å². The lowest BCUT2D eigenvalue weighted by molar-refractivity contribution is 0.0691. The molecular formula is C16H15N3O3. The molecule has 0 amide bonds. The van der Waals surface area contributed by atoms with Crippen molar-refractivity contribution in [2.75, 3.05) is 0 Å². The molecular weight excluding hydrogens is 282 g/mol. The summed E-state index contributed by atoms with van der Waals surface area (Å²) in [6.45, 7) is 0.575. The van der Waals surface area contributed by atoms with Crippen LogP contribution in [0.15, 0.2) is 53.1 Å². The minimum atomic E-state index is -1.11. The third-order valence-electron chi connectivity index (χ3n) is 3.37. The van der Waals surface area contributed by atoms with Gasteiger partial charge < -0.3 is 9.52 Å². The molecule has 2 aromatic heterocycles. The first-order valence-electron chi connectivity index (χ1n) is 7.00. The Hall–Kier alpha value is -2.89. The van der Waals surface area contributed by atoms with Crippen LogP contribution in [0.25, 0.3) is 11.5 Å². The molecule has 112 valence electrons. The lowest BCUT2D eigenvalue weighted by atomic mass is 10.1. The van der Waals surface area contributed by atoms with E-state index in [1.807, 2.05) is 18.2 Å². The molecule has 0 fully saturated rings. The van der Waals surface area contributed by atoms with Gasteiger partial charge in [0.05, 0.1) is 6.26 Å². The van der Waals surface area contributed by atoms with E-state index < -0.39 is 5.97 Å². The maximum atomic E-state index is 11.3. The quantitative estimate of drug-likeness (QED) is 0.756. The van der Waals surface area contributed by atoms with E-state index in [-0.39, 0.29) is 5.69 Å². The second kappa shape index (κ2) is 6.26. The van der Waals surface area contributed by atoms with Crippen molar-refractivity contribution in [1.29, 1.82) is 0 Å². The molecule has 0 radical (unpaired) electrons. The average Bonchev–Trinajstić information content (AvgIpc) is 3.17. The van der Waals surface area contributed by atoms with Crippen molar-refractivity contribution in [1.82, 2.24) is 15.0 Å². The monoisotopic (exact) mass is 297 g/mol. The Bertz CT molecular complexity index is 748. The van der Waals surface area contributed by atoms with Crippen molar-refractivity contribution in [2.24, 2.45) is 0 Å².